The Bertz CT molecular complexity index is 511. The van der Waals surface area contributed by atoms with Crippen molar-refractivity contribution in [2.75, 3.05) is 6.61 Å². The van der Waals surface area contributed by atoms with Gasteiger partial charge in [0.25, 0.3) is 0 Å². The van der Waals surface area contributed by atoms with Gasteiger partial charge in [-0.15, -0.1) is 10.2 Å². The third-order valence-corrected chi connectivity index (χ3v) is 2.51. The van der Waals surface area contributed by atoms with Crippen molar-refractivity contribution in [3.63, 3.8) is 0 Å². The quantitative estimate of drug-likeness (QED) is 0.726. The van der Waals surface area contributed by atoms with Gasteiger partial charge < -0.3 is 9.15 Å². The van der Waals surface area contributed by atoms with Crippen LogP contribution in [0.3, 0.4) is 0 Å². The lowest BCUT2D eigenvalue weighted by molar-refractivity contribution is -0.151. The van der Waals surface area contributed by atoms with Gasteiger partial charge in [0.15, 0.2) is 11.3 Å². The molecule has 1 rings (SSSR count). The zero-order valence-electron chi connectivity index (χ0n) is 10.3. The van der Waals surface area contributed by atoms with Gasteiger partial charge in [-0.25, -0.2) is 0 Å². The van der Waals surface area contributed by atoms with Gasteiger partial charge in [-0.1, -0.05) is 0 Å². The van der Waals surface area contributed by atoms with E-state index >= 15 is 0 Å². The Hall–Kier alpha value is -2.41. The summed E-state index contributed by atoms with van der Waals surface area (Å²) < 4.78 is 10.1. The van der Waals surface area contributed by atoms with E-state index in [4.69, 9.17) is 19.7 Å². The van der Waals surface area contributed by atoms with Crippen molar-refractivity contribution in [2.45, 2.75) is 26.2 Å². The first-order valence-corrected chi connectivity index (χ1v) is 5.27. The number of esters is 1. The van der Waals surface area contributed by atoms with Crippen molar-refractivity contribution < 1.29 is 13.9 Å². The monoisotopic (exact) mass is 248 g/mol. The van der Waals surface area contributed by atoms with E-state index in [9.17, 15) is 4.79 Å². The number of aromatic nitrogens is 2. The molecule has 0 saturated heterocycles. The number of hydrogen-bond donors (Lipinski definition) is 0. The number of hydrogen-bond acceptors (Lipinski definition) is 7. The number of carbonyl (C=O) groups is 1. The first-order chi connectivity index (χ1) is 8.50. The normalized spacial score (nSPS) is 13.4. The Morgan fingerprint density at radius 1 is 1.50 bits per heavy atom. The van der Waals surface area contributed by atoms with E-state index in [0.29, 0.717) is 0 Å². The summed E-state index contributed by atoms with van der Waals surface area (Å²) in [6.45, 7) is 4.70. The van der Waals surface area contributed by atoms with Gasteiger partial charge in [0.1, 0.15) is 0 Å². The van der Waals surface area contributed by atoms with Gasteiger partial charge in [-0.2, -0.15) is 10.5 Å². The van der Waals surface area contributed by atoms with Crippen molar-refractivity contribution in [3.05, 3.63) is 11.8 Å². The predicted molar refractivity (Wildman–Crippen MR) is 57.7 cm³/mol. The van der Waals surface area contributed by atoms with E-state index in [1.807, 2.05) is 0 Å². The molecule has 18 heavy (non-hydrogen) atoms. The van der Waals surface area contributed by atoms with Gasteiger partial charge in [0.2, 0.25) is 11.8 Å². The maximum Gasteiger partial charge on any atom is 0.323 e. The molecule has 0 N–H and O–H groups in total. The third kappa shape index (κ3) is 2.16. The van der Waals surface area contributed by atoms with Crippen molar-refractivity contribution in [2.24, 2.45) is 5.92 Å². The van der Waals surface area contributed by atoms with Crippen LogP contribution in [0, 0.1) is 35.5 Å². The van der Waals surface area contributed by atoms with Gasteiger partial charge in [0.05, 0.1) is 18.7 Å². The Balaban J connectivity index is 3.31. The fraction of sp³-hybridized carbons (Fsp3) is 0.545. The summed E-state index contributed by atoms with van der Waals surface area (Å²) in [5.41, 5.74) is -1.58. The summed E-state index contributed by atoms with van der Waals surface area (Å²) in [5.74, 6) is -1.85. The maximum absolute atomic E-state index is 12.0. The predicted octanol–water partition coefficient (Wildman–Crippen LogP) is 0.862. The second kappa shape index (κ2) is 5.28. The molecule has 0 aromatic carbocycles. The first kappa shape index (κ1) is 13.7. The lowest BCUT2D eigenvalue weighted by Crippen LogP contribution is -2.41. The van der Waals surface area contributed by atoms with Crippen molar-refractivity contribution in [1.29, 1.82) is 10.5 Å². The number of rotatable bonds is 4. The largest absolute Gasteiger partial charge is 0.465 e. The highest BCUT2D eigenvalue weighted by atomic mass is 16.5. The average Bonchev–Trinajstić information content (AvgIpc) is 2.77. The molecule has 0 aliphatic carbocycles. The smallest absolute Gasteiger partial charge is 0.323 e. The molecule has 0 fully saturated rings. The van der Waals surface area contributed by atoms with Crippen LogP contribution >= 0.6 is 0 Å². The highest BCUT2D eigenvalue weighted by Crippen LogP contribution is 2.32. The number of nitrogens with zero attached hydrogens (tertiary/aromatic N) is 4. The van der Waals surface area contributed by atoms with E-state index < -0.39 is 17.3 Å². The highest BCUT2D eigenvalue weighted by molar-refractivity contribution is 5.82. The molecule has 0 amide bonds. The first-order valence-electron chi connectivity index (χ1n) is 5.27. The molecule has 0 bridgehead atoms. The number of ether oxygens (including phenoxy) is 1. The van der Waals surface area contributed by atoms with Crippen molar-refractivity contribution in [3.8, 4) is 12.1 Å². The second-order valence-electron chi connectivity index (χ2n) is 3.74. The highest BCUT2D eigenvalue weighted by Gasteiger charge is 2.50. The summed E-state index contributed by atoms with van der Waals surface area (Å²) in [5, 5.41) is 25.3. The van der Waals surface area contributed by atoms with E-state index in [0.717, 1.165) is 0 Å². The summed E-state index contributed by atoms with van der Waals surface area (Å²) in [6, 6.07) is 3.50. The number of aryl methyl sites for hydroxylation is 1. The van der Waals surface area contributed by atoms with E-state index in [-0.39, 0.29) is 18.4 Å². The molecule has 7 heteroatoms. The van der Waals surface area contributed by atoms with E-state index in [1.165, 1.54) is 6.92 Å². The molecule has 7 nitrogen and oxygen atoms in total. The molecule has 0 spiro atoms. The number of nitriles is 2. The summed E-state index contributed by atoms with van der Waals surface area (Å²) in [7, 11) is 0. The van der Waals surface area contributed by atoms with Crippen LogP contribution in [0.5, 0.6) is 0 Å². The summed E-state index contributed by atoms with van der Waals surface area (Å²) >= 11 is 0. The lowest BCUT2D eigenvalue weighted by atomic mass is 9.78. The molecule has 1 aromatic heterocycles. The summed E-state index contributed by atoms with van der Waals surface area (Å²) in [6.07, 6.45) is 0. The van der Waals surface area contributed by atoms with Crippen molar-refractivity contribution in [1.82, 2.24) is 10.2 Å². The molecule has 0 aliphatic rings. The van der Waals surface area contributed by atoms with Crippen LogP contribution in [-0.2, 0) is 14.9 Å². The molecule has 1 atom stereocenters. The second-order valence-corrected chi connectivity index (χ2v) is 3.74. The van der Waals surface area contributed by atoms with Crippen LogP contribution in [0.25, 0.3) is 0 Å². The van der Waals surface area contributed by atoms with Crippen LogP contribution in [-0.4, -0.2) is 22.8 Å². The zero-order chi connectivity index (χ0) is 13.8. The minimum absolute atomic E-state index is 0.0912. The van der Waals surface area contributed by atoms with Crippen LogP contribution in [0.4, 0.5) is 0 Å². The van der Waals surface area contributed by atoms with Crippen LogP contribution < -0.4 is 0 Å². The lowest BCUT2D eigenvalue weighted by Gasteiger charge is -2.23. The minimum Gasteiger partial charge on any atom is -0.465 e. The Morgan fingerprint density at radius 3 is 2.50 bits per heavy atom. The average molecular weight is 248 g/mol. The molecule has 0 aliphatic heterocycles. The molecule has 1 unspecified atom stereocenters. The molecule has 0 saturated carbocycles. The Morgan fingerprint density at radius 2 is 2.11 bits per heavy atom. The Labute approximate surface area is 104 Å². The van der Waals surface area contributed by atoms with Gasteiger partial charge in [-0.3, -0.25) is 4.79 Å². The Kier molecular flexibility index (Phi) is 4.01. The molecular weight excluding hydrogens is 236 g/mol. The van der Waals surface area contributed by atoms with Crippen LogP contribution in [0.15, 0.2) is 4.42 Å². The fourth-order valence-corrected chi connectivity index (χ4v) is 1.40. The van der Waals surface area contributed by atoms with Crippen LogP contribution in [0.1, 0.15) is 25.6 Å². The molecule has 94 valence electrons. The minimum atomic E-state index is -1.58. The topological polar surface area (TPSA) is 113 Å². The third-order valence-electron chi connectivity index (χ3n) is 2.51. The number of carbonyl (C=O) groups excluding carboxylic acids is 1. The fourth-order valence-electron chi connectivity index (χ4n) is 1.40. The van der Waals surface area contributed by atoms with Gasteiger partial charge >= 0.3 is 5.97 Å². The molecular formula is C11H12N4O3. The molecule has 1 heterocycles. The SMILES string of the molecule is CCOC(=O)C(C)(c1nnc(C)o1)C(C#N)C#N. The van der Waals surface area contributed by atoms with Crippen molar-refractivity contribution >= 4 is 5.97 Å². The van der Waals surface area contributed by atoms with E-state index in [1.54, 1.807) is 26.0 Å². The van der Waals surface area contributed by atoms with E-state index in [2.05, 4.69) is 10.2 Å². The van der Waals surface area contributed by atoms with Crippen LogP contribution in [0.2, 0.25) is 0 Å². The zero-order valence-corrected chi connectivity index (χ0v) is 10.3. The standard InChI is InChI=1S/C11H12N4O3/c1-4-17-10(16)11(3,8(5-12)6-13)9-15-14-7(2)18-9/h8H,4H2,1-3H3. The molecule has 1 aromatic rings. The molecule has 0 radical (unpaired) electrons. The maximum atomic E-state index is 12.0. The van der Waals surface area contributed by atoms with Gasteiger partial charge in [0, 0.05) is 6.92 Å². The van der Waals surface area contributed by atoms with Gasteiger partial charge in [-0.05, 0) is 13.8 Å². The summed E-state index contributed by atoms with van der Waals surface area (Å²) in [4.78, 5) is 12.0.